The third-order valence-corrected chi connectivity index (χ3v) is 5.56. The number of hydrogen-bond acceptors (Lipinski definition) is 3. The molecule has 1 saturated heterocycles. The first-order valence-electron chi connectivity index (χ1n) is 9.12. The van der Waals surface area contributed by atoms with E-state index >= 15 is 0 Å². The number of rotatable bonds is 5. The highest BCUT2D eigenvalue weighted by atomic mass is 16.3. The third-order valence-electron chi connectivity index (χ3n) is 5.56. The van der Waals surface area contributed by atoms with Crippen LogP contribution in [0, 0.1) is 11.3 Å². The van der Waals surface area contributed by atoms with Crippen molar-refractivity contribution in [2.75, 3.05) is 13.2 Å². The van der Waals surface area contributed by atoms with E-state index in [0.717, 1.165) is 12.3 Å². The molecule has 0 aromatic rings. The van der Waals surface area contributed by atoms with Gasteiger partial charge in [0.15, 0.2) is 0 Å². The summed E-state index contributed by atoms with van der Waals surface area (Å²) in [7, 11) is 0. The quantitative estimate of drug-likeness (QED) is 0.730. The molecule has 2 aliphatic rings. The van der Waals surface area contributed by atoms with Crippen molar-refractivity contribution in [3.05, 3.63) is 0 Å². The highest BCUT2D eigenvalue weighted by Crippen LogP contribution is 2.32. The van der Waals surface area contributed by atoms with Crippen molar-refractivity contribution >= 4 is 0 Å². The molecule has 4 atom stereocenters. The Balaban J connectivity index is 1.99. The Kier molecular flexibility index (Phi) is 6.51. The lowest BCUT2D eigenvalue weighted by Gasteiger charge is -2.43. The lowest BCUT2D eigenvalue weighted by molar-refractivity contribution is 0.128. The maximum atomic E-state index is 9.39. The van der Waals surface area contributed by atoms with Crippen molar-refractivity contribution in [1.82, 2.24) is 10.6 Å². The lowest BCUT2D eigenvalue weighted by atomic mass is 9.75. The molecule has 0 aromatic carbocycles. The van der Waals surface area contributed by atoms with Crippen LogP contribution in [0.15, 0.2) is 0 Å². The molecular weight excluding hydrogens is 260 g/mol. The Hall–Kier alpha value is -0.120. The monoisotopic (exact) mass is 296 g/mol. The van der Waals surface area contributed by atoms with E-state index in [-0.39, 0.29) is 12.0 Å². The highest BCUT2D eigenvalue weighted by Gasteiger charge is 2.35. The summed E-state index contributed by atoms with van der Waals surface area (Å²) in [5.74, 6) is 0.780. The second-order valence-electron chi connectivity index (χ2n) is 8.21. The first-order chi connectivity index (χ1) is 10.0. The fourth-order valence-electron chi connectivity index (χ4n) is 4.25. The molecule has 0 amide bonds. The first-order valence-corrected chi connectivity index (χ1v) is 9.12. The number of hydrogen-bond donors (Lipinski definition) is 3. The van der Waals surface area contributed by atoms with Crippen LogP contribution in [0.4, 0.5) is 0 Å². The van der Waals surface area contributed by atoms with Crippen LogP contribution in [-0.4, -0.2) is 36.4 Å². The van der Waals surface area contributed by atoms with Crippen LogP contribution in [0.3, 0.4) is 0 Å². The molecule has 3 nitrogen and oxygen atoms in total. The molecule has 2 fully saturated rings. The van der Waals surface area contributed by atoms with Crippen molar-refractivity contribution in [1.29, 1.82) is 0 Å². The highest BCUT2D eigenvalue weighted by molar-refractivity contribution is 4.93. The van der Waals surface area contributed by atoms with Crippen molar-refractivity contribution in [3.8, 4) is 0 Å². The van der Waals surface area contributed by atoms with Crippen molar-refractivity contribution in [2.24, 2.45) is 11.3 Å². The Bertz CT molecular complexity index is 294. The van der Waals surface area contributed by atoms with Crippen LogP contribution in [0.5, 0.6) is 0 Å². The predicted molar refractivity (Wildman–Crippen MR) is 89.5 cm³/mol. The summed E-state index contributed by atoms with van der Waals surface area (Å²) in [6.45, 7) is 8.35. The zero-order chi connectivity index (χ0) is 15.3. The van der Waals surface area contributed by atoms with Gasteiger partial charge in [0.25, 0.3) is 0 Å². The molecule has 0 bridgehead atoms. The van der Waals surface area contributed by atoms with Gasteiger partial charge in [-0.1, -0.05) is 40.0 Å². The molecule has 1 aliphatic heterocycles. The van der Waals surface area contributed by atoms with Crippen LogP contribution in [-0.2, 0) is 0 Å². The number of nitrogens with one attached hydrogen (secondary N) is 2. The van der Waals surface area contributed by atoms with Gasteiger partial charge in [0.1, 0.15) is 0 Å². The standard InChI is InChI=1S/C18H36N2O/c1-18(2,3)17(11-13-21)20-16-10-5-4-8-14(16)15-9-6-7-12-19-15/h14-17,19-21H,4-13H2,1-3H3. The number of aliphatic hydroxyl groups excluding tert-OH is 1. The van der Waals surface area contributed by atoms with Gasteiger partial charge in [-0.05, 0) is 50.0 Å². The van der Waals surface area contributed by atoms with E-state index in [1.165, 1.54) is 51.5 Å². The van der Waals surface area contributed by atoms with E-state index in [1.54, 1.807) is 0 Å². The van der Waals surface area contributed by atoms with Gasteiger partial charge in [-0.25, -0.2) is 0 Å². The molecule has 3 heteroatoms. The predicted octanol–water partition coefficient (Wildman–Crippen LogP) is 3.07. The fourth-order valence-corrected chi connectivity index (χ4v) is 4.25. The summed E-state index contributed by atoms with van der Waals surface area (Å²) in [5.41, 5.74) is 0.213. The Morgan fingerprint density at radius 3 is 2.43 bits per heavy atom. The first kappa shape index (κ1) is 17.2. The van der Waals surface area contributed by atoms with Crippen LogP contribution in [0.25, 0.3) is 0 Å². The molecule has 1 heterocycles. The Morgan fingerprint density at radius 1 is 1.10 bits per heavy atom. The van der Waals surface area contributed by atoms with Gasteiger partial charge < -0.3 is 15.7 Å². The van der Waals surface area contributed by atoms with E-state index in [1.807, 2.05) is 0 Å². The van der Waals surface area contributed by atoms with Gasteiger partial charge in [0.05, 0.1) is 0 Å². The lowest BCUT2D eigenvalue weighted by Crippen LogP contribution is -2.55. The smallest absolute Gasteiger partial charge is 0.0446 e. The van der Waals surface area contributed by atoms with Gasteiger partial charge >= 0.3 is 0 Å². The minimum Gasteiger partial charge on any atom is -0.396 e. The molecule has 124 valence electrons. The average molecular weight is 296 g/mol. The van der Waals surface area contributed by atoms with Gasteiger partial charge in [-0.2, -0.15) is 0 Å². The largest absolute Gasteiger partial charge is 0.396 e. The number of piperidine rings is 1. The maximum Gasteiger partial charge on any atom is 0.0446 e. The molecule has 0 spiro atoms. The van der Waals surface area contributed by atoms with Gasteiger partial charge in [-0.3, -0.25) is 0 Å². The van der Waals surface area contributed by atoms with Crippen molar-refractivity contribution in [3.63, 3.8) is 0 Å². The second-order valence-corrected chi connectivity index (χ2v) is 8.21. The fraction of sp³-hybridized carbons (Fsp3) is 1.00. The zero-order valence-corrected chi connectivity index (χ0v) is 14.3. The van der Waals surface area contributed by atoms with E-state index in [2.05, 4.69) is 31.4 Å². The molecule has 0 aromatic heterocycles. The summed E-state index contributed by atoms with van der Waals surface area (Å²) in [6, 6.07) is 1.76. The van der Waals surface area contributed by atoms with Crippen molar-refractivity contribution < 1.29 is 5.11 Å². The molecule has 21 heavy (non-hydrogen) atoms. The average Bonchev–Trinajstić information content (AvgIpc) is 2.47. The van der Waals surface area contributed by atoms with Crippen LogP contribution in [0.1, 0.15) is 72.1 Å². The molecule has 3 N–H and O–H groups in total. The molecule has 1 aliphatic carbocycles. The molecule has 1 saturated carbocycles. The van der Waals surface area contributed by atoms with Crippen molar-refractivity contribution in [2.45, 2.75) is 90.3 Å². The minimum atomic E-state index is 0.213. The third kappa shape index (κ3) is 4.94. The second kappa shape index (κ2) is 7.94. The summed E-state index contributed by atoms with van der Waals surface area (Å²) in [4.78, 5) is 0. The van der Waals surface area contributed by atoms with Crippen LogP contribution < -0.4 is 10.6 Å². The van der Waals surface area contributed by atoms with Crippen LogP contribution >= 0.6 is 0 Å². The summed E-state index contributed by atoms with van der Waals surface area (Å²) in [5, 5.41) is 17.1. The molecule has 2 rings (SSSR count). The van der Waals surface area contributed by atoms with Gasteiger partial charge in [0.2, 0.25) is 0 Å². The Morgan fingerprint density at radius 2 is 1.81 bits per heavy atom. The van der Waals surface area contributed by atoms with E-state index < -0.39 is 0 Å². The topological polar surface area (TPSA) is 44.3 Å². The normalized spacial score (nSPS) is 32.9. The summed E-state index contributed by atoms with van der Waals surface area (Å²) >= 11 is 0. The van der Waals surface area contributed by atoms with Crippen LogP contribution in [0.2, 0.25) is 0 Å². The van der Waals surface area contributed by atoms with E-state index in [0.29, 0.717) is 18.1 Å². The SMILES string of the molecule is CC(C)(C)C(CCO)NC1CCCCC1C1CCCCN1. The maximum absolute atomic E-state index is 9.39. The number of aliphatic hydroxyl groups is 1. The summed E-state index contributed by atoms with van der Waals surface area (Å²) < 4.78 is 0. The minimum absolute atomic E-state index is 0.213. The van der Waals surface area contributed by atoms with E-state index in [4.69, 9.17) is 0 Å². The van der Waals surface area contributed by atoms with E-state index in [9.17, 15) is 5.11 Å². The van der Waals surface area contributed by atoms with Gasteiger partial charge in [0, 0.05) is 24.7 Å². The van der Waals surface area contributed by atoms with Gasteiger partial charge in [-0.15, -0.1) is 0 Å². The molecule has 0 radical (unpaired) electrons. The summed E-state index contributed by atoms with van der Waals surface area (Å²) in [6.07, 6.45) is 10.4. The molecule has 4 unspecified atom stereocenters. The molecular formula is C18H36N2O. The Labute approximate surface area is 131 Å². The zero-order valence-electron chi connectivity index (χ0n) is 14.3.